The van der Waals surface area contributed by atoms with Gasteiger partial charge in [-0.15, -0.1) is 12.4 Å². The second-order valence-corrected chi connectivity index (χ2v) is 8.62. The average Bonchev–Trinajstić information content (AvgIpc) is 3.35. The maximum absolute atomic E-state index is 15.0. The van der Waals surface area contributed by atoms with Gasteiger partial charge in [-0.05, 0) is 42.7 Å². The van der Waals surface area contributed by atoms with Crippen LogP contribution in [0.3, 0.4) is 0 Å². The molecule has 1 aliphatic heterocycles. The summed E-state index contributed by atoms with van der Waals surface area (Å²) in [6.45, 7) is 1.54. The number of hydrogen-bond acceptors (Lipinski definition) is 7. The number of anilines is 1. The molecule has 1 aliphatic rings. The molecule has 0 atom stereocenters. The second-order valence-electron chi connectivity index (χ2n) is 8.62. The first-order valence-electron chi connectivity index (χ1n) is 11.1. The van der Waals surface area contributed by atoms with Gasteiger partial charge in [-0.3, -0.25) is 0 Å². The van der Waals surface area contributed by atoms with Crippen molar-refractivity contribution in [3.8, 4) is 11.1 Å². The molecule has 8 nitrogen and oxygen atoms in total. The lowest BCUT2D eigenvalue weighted by Gasteiger charge is -2.32. The van der Waals surface area contributed by atoms with Crippen LogP contribution in [0, 0.1) is 11.6 Å². The Morgan fingerprint density at radius 2 is 1.84 bits per heavy atom. The van der Waals surface area contributed by atoms with E-state index in [9.17, 15) is 18.0 Å². The number of nitrogens with zero attached hydrogens (tertiary/aromatic N) is 5. The molecule has 37 heavy (non-hydrogen) atoms. The van der Waals surface area contributed by atoms with Crippen LogP contribution >= 0.6 is 12.4 Å². The van der Waals surface area contributed by atoms with E-state index in [1.807, 2.05) is 4.90 Å². The quantitative estimate of drug-likeness (QED) is 0.329. The number of alkyl halides is 2. The fourth-order valence-corrected chi connectivity index (χ4v) is 4.38. The lowest BCUT2D eigenvalue weighted by molar-refractivity contribution is -0.0158. The minimum Gasteiger partial charge on any atom is -0.478 e. The molecule has 0 spiro atoms. The summed E-state index contributed by atoms with van der Waals surface area (Å²) in [6.07, 6.45) is 2.29. The van der Waals surface area contributed by atoms with Crippen LogP contribution in [0.4, 0.5) is 23.4 Å². The summed E-state index contributed by atoms with van der Waals surface area (Å²) in [5.74, 6) is -6.49. The number of carboxylic acids is 1. The van der Waals surface area contributed by atoms with Gasteiger partial charge in [-0.25, -0.2) is 23.5 Å². The summed E-state index contributed by atoms with van der Waals surface area (Å²) < 4.78 is 60.9. The Kier molecular flexibility index (Phi) is 7.05. The highest BCUT2D eigenvalue weighted by Gasteiger charge is 2.34. The summed E-state index contributed by atoms with van der Waals surface area (Å²) in [7, 11) is 0. The third-order valence-corrected chi connectivity index (χ3v) is 6.20. The van der Waals surface area contributed by atoms with E-state index >= 15 is 4.39 Å². The summed E-state index contributed by atoms with van der Waals surface area (Å²) in [4.78, 5) is 25.4. The van der Waals surface area contributed by atoms with Crippen LogP contribution in [-0.4, -0.2) is 44.3 Å². The molecule has 4 aromatic rings. The van der Waals surface area contributed by atoms with E-state index in [4.69, 9.17) is 9.63 Å². The standard InChI is InChI=1S/C24H19F4N5O3.ClH/c1-24(27,28)23-31-20(32-36-23)12-6-8-33(9-7-12)21-18-16(25)5-4-14(19(18)29-11-30-21)13-2-3-15(22(34)35)17(26)10-13;/h2-5,10-12H,6-9H2,1H3,(H,34,35);1H. The Balaban J connectivity index is 0.00000320. The van der Waals surface area contributed by atoms with E-state index in [0.29, 0.717) is 49.8 Å². The van der Waals surface area contributed by atoms with Gasteiger partial charge >= 0.3 is 11.9 Å². The van der Waals surface area contributed by atoms with Crippen molar-refractivity contribution < 1.29 is 32.0 Å². The summed E-state index contributed by atoms with van der Waals surface area (Å²) in [5.41, 5.74) is 0.532. The molecule has 0 bridgehead atoms. The Morgan fingerprint density at radius 1 is 1.11 bits per heavy atom. The molecule has 13 heteroatoms. The number of aromatic nitrogens is 4. The van der Waals surface area contributed by atoms with Gasteiger partial charge in [0.1, 0.15) is 23.8 Å². The molecule has 1 saturated heterocycles. The fourth-order valence-electron chi connectivity index (χ4n) is 4.38. The maximum Gasteiger partial charge on any atom is 0.338 e. The molecule has 1 fully saturated rings. The van der Waals surface area contributed by atoms with Crippen molar-refractivity contribution in [2.45, 2.75) is 31.6 Å². The zero-order valence-corrected chi connectivity index (χ0v) is 20.1. The summed E-state index contributed by atoms with van der Waals surface area (Å²) in [5, 5.41) is 12.9. The predicted molar refractivity (Wildman–Crippen MR) is 127 cm³/mol. The number of benzene rings is 2. The number of hydrogen-bond donors (Lipinski definition) is 1. The lowest BCUT2D eigenvalue weighted by atomic mass is 9.95. The molecule has 0 radical (unpaired) electrons. The van der Waals surface area contributed by atoms with Gasteiger partial charge in [-0.2, -0.15) is 13.8 Å². The van der Waals surface area contributed by atoms with Gasteiger partial charge < -0.3 is 14.5 Å². The minimum atomic E-state index is -3.22. The van der Waals surface area contributed by atoms with Gasteiger partial charge in [0.25, 0.3) is 5.89 Å². The number of rotatable bonds is 5. The highest BCUT2D eigenvalue weighted by Crippen LogP contribution is 2.37. The lowest BCUT2D eigenvalue weighted by Crippen LogP contribution is -2.34. The van der Waals surface area contributed by atoms with Crippen molar-refractivity contribution in [1.29, 1.82) is 0 Å². The number of piperidine rings is 1. The molecule has 1 N–H and O–H groups in total. The third kappa shape index (κ3) is 4.93. The van der Waals surface area contributed by atoms with Crippen LogP contribution in [0.1, 0.15) is 47.8 Å². The highest BCUT2D eigenvalue weighted by atomic mass is 35.5. The molecule has 0 saturated carbocycles. The zero-order valence-electron chi connectivity index (χ0n) is 19.3. The molecule has 2 aromatic heterocycles. The SMILES string of the molecule is CC(F)(F)c1nc(C2CCN(c3ncnc4c(-c5ccc(C(=O)O)c(F)c5)ccc(F)c34)CC2)no1.Cl. The molecular formula is C24H20ClF4N5O3. The van der Waals surface area contributed by atoms with Crippen molar-refractivity contribution in [2.75, 3.05) is 18.0 Å². The van der Waals surface area contributed by atoms with E-state index < -0.39 is 35.0 Å². The molecule has 3 heterocycles. The van der Waals surface area contributed by atoms with E-state index in [2.05, 4.69) is 20.1 Å². The highest BCUT2D eigenvalue weighted by molar-refractivity contribution is 6.00. The van der Waals surface area contributed by atoms with Crippen LogP contribution < -0.4 is 4.90 Å². The first-order chi connectivity index (χ1) is 17.1. The van der Waals surface area contributed by atoms with Crippen LogP contribution in [0.2, 0.25) is 0 Å². The van der Waals surface area contributed by atoms with E-state index in [0.717, 1.165) is 12.1 Å². The molecule has 194 valence electrons. The molecule has 0 aliphatic carbocycles. The molecule has 0 unspecified atom stereocenters. The monoisotopic (exact) mass is 537 g/mol. The third-order valence-electron chi connectivity index (χ3n) is 6.20. The first-order valence-corrected chi connectivity index (χ1v) is 11.1. The normalized spacial score (nSPS) is 14.6. The summed E-state index contributed by atoms with van der Waals surface area (Å²) in [6, 6.07) is 6.33. The average molecular weight is 538 g/mol. The van der Waals surface area contributed by atoms with Crippen molar-refractivity contribution in [3.63, 3.8) is 0 Å². The van der Waals surface area contributed by atoms with Crippen LogP contribution in [0.15, 0.2) is 41.2 Å². The number of carboxylic acid groups (broad SMARTS) is 1. The Hall–Kier alpha value is -3.80. The van der Waals surface area contributed by atoms with Gasteiger partial charge in [0.15, 0.2) is 5.82 Å². The van der Waals surface area contributed by atoms with Crippen molar-refractivity contribution in [1.82, 2.24) is 20.1 Å². The van der Waals surface area contributed by atoms with Crippen molar-refractivity contribution in [2.24, 2.45) is 0 Å². The van der Waals surface area contributed by atoms with Crippen molar-refractivity contribution >= 4 is 35.1 Å². The summed E-state index contributed by atoms with van der Waals surface area (Å²) >= 11 is 0. The zero-order chi connectivity index (χ0) is 25.6. The number of halogens is 5. The van der Waals surface area contributed by atoms with Gasteiger partial charge in [0.2, 0.25) is 0 Å². The Bertz CT molecular complexity index is 1470. The molecule has 5 rings (SSSR count). The maximum atomic E-state index is 15.0. The van der Waals surface area contributed by atoms with Crippen LogP contribution in [0.25, 0.3) is 22.0 Å². The minimum absolute atomic E-state index is 0. The molecule has 0 amide bonds. The Morgan fingerprint density at radius 3 is 2.46 bits per heavy atom. The van der Waals surface area contributed by atoms with E-state index in [1.165, 1.54) is 24.5 Å². The topological polar surface area (TPSA) is 105 Å². The second kappa shape index (κ2) is 9.92. The van der Waals surface area contributed by atoms with Crippen LogP contribution in [-0.2, 0) is 5.92 Å². The Labute approximate surface area is 213 Å². The number of fused-ring (bicyclic) bond motifs is 1. The van der Waals surface area contributed by atoms with Crippen molar-refractivity contribution in [3.05, 3.63) is 65.6 Å². The molecular weight excluding hydrogens is 518 g/mol. The van der Waals surface area contributed by atoms with Gasteiger partial charge in [0, 0.05) is 31.5 Å². The van der Waals surface area contributed by atoms with Crippen LogP contribution in [0.5, 0.6) is 0 Å². The first kappa shape index (κ1) is 26.3. The number of carbonyl (C=O) groups is 1. The van der Waals surface area contributed by atoms with E-state index in [-0.39, 0.29) is 35.1 Å². The molecule has 2 aromatic carbocycles. The smallest absolute Gasteiger partial charge is 0.338 e. The largest absolute Gasteiger partial charge is 0.478 e. The van der Waals surface area contributed by atoms with E-state index in [1.54, 1.807) is 0 Å². The van der Waals surface area contributed by atoms with Gasteiger partial charge in [0.05, 0.1) is 16.5 Å². The number of aromatic carboxylic acids is 1. The van der Waals surface area contributed by atoms with Gasteiger partial charge in [-0.1, -0.05) is 11.2 Å². The fraction of sp³-hybridized carbons (Fsp3) is 0.292. The predicted octanol–water partition coefficient (Wildman–Crippen LogP) is 5.57.